The quantitative estimate of drug-likeness (QED) is 0.376. The lowest BCUT2D eigenvalue weighted by Crippen LogP contribution is -2.22. The third-order valence-electron chi connectivity index (χ3n) is 2.87. The Bertz CT molecular complexity index is 713. The summed E-state index contributed by atoms with van der Waals surface area (Å²) in [5.74, 6) is -0.370. The smallest absolute Gasteiger partial charge is 0.193 e. The molecule has 2 rings (SSSR count). The lowest BCUT2D eigenvalue weighted by Gasteiger charge is -2.08. The molecule has 0 saturated heterocycles. The molecule has 124 valence electrons. The molecule has 4 N–H and O–H groups in total. The fourth-order valence-electron chi connectivity index (χ4n) is 1.76. The van der Waals surface area contributed by atoms with Gasteiger partial charge in [0, 0.05) is 5.69 Å². The number of benzene rings is 2. The van der Waals surface area contributed by atoms with E-state index in [4.69, 9.17) is 27.2 Å². The van der Waals surface area contributed by atoms with Crippen molar-refractivity contribution >= 4 is 47.2 Å². The molecule has 0 saturated carbocycles. The Morgan fingerprint density at radius 2 is 2.09 bits per heavy atom. The van der Waals surface area contributed by atoms with Gasteiger partial charge < -0.3 is 20.9 Å². The van der Waals surface area contributed by atoms with Crippen LogP contribution in [0.25, 0.3) is 0 Å². The Kier molecular flexibility index (Phi) is 7.37. The van der Waals surface area contributed by atoms with Crippen LogP contribution in [0.2, 0.25) is 5.02 Å². The van der Waals surface area contributed by atoms with E-state index in [9.17, 15) is 4.39 Å². The fraction of sp³-hybridized carbons (Fsp3) is 0.133. The molecule has 0 aliphatic rings. The lowest BCUT2D eigenvalue weighted by atomic mass is 10.2. The molecule has 0 heterocycles. The van der Waals surface area contributed by atoms with Gasteiger partial charge in [0.1, 0.15) is 5.75 Å². The SMILES string of the molecule is COc1ccc(NC(N)=NCc2ccc(O)c(F)c2)cc1Cl.I. The van der Waals surface area contributed by atoms with E-state index in [0.717, 1.165) is 0 Å². The van der Waals surface area contributed by atoms with Crippen molar-refractivity contribution in [1.29, 1.82) is 0 Å². The molecule has 5 nitrogen and oxygen atoms in total. The van der Waals surface area contributed by atoms with Crippen molar-refractivity contribution in [2.45, 2.75) is 6.54 Å². The van der Waals surface area contributed by atoms with Gasteiger partial charge in [0.05, 0.1) is 18.7 Å². The first-order valence-corrected chi connectivity index (χ1v) is 6.75. The number of hydrogen-bond donors (Lipinski definition) is 3. The highest BCUT2D eigenvalue weighted by Crippen LogP contribution is 2.27. The number of aromatic hydroxyl groups is 1. The molecular formula is C15H16ClFIN3O2. The minimum atomic E-state index is -0.693. The summed E-state index contributed by atoms with van der Waals surface area (Å²) in [6.45, 7) is 0.180. The topological polar surface area (TPSA) is 79.9 Å². The van der Waals surface area contributed by atoms with Gasteiger partial charge in [0.25, 0.3) is 0 Å². The van der Waals surface area contributed by atoms with Crippen LogP contribution in [-0.2, 0) is 6.54 Å². The lowest BCUT2D eigenvalue weighted by molar-refractivity contribution is 0.415. The van der Waals surface area contributed by atoms with Crippen LogP contribution in [0, 0.1) is 5.82 Å². The molecule has 0 unspecified atom stereocenters. The van der Waals surface area contributed by atoms with Crippen molar-refractivity contribution in [3.63, 3.8) is 0 Å². The molecule has 8 heteroatoms. The van der Waals surface area contributed by atoms with Gasteiger partial charge in [-0.05, 0) is 35.9 Å². The van der Waals surface area contributed by atoms with Crippen molar-refractivity contribution < 1.29 is 14.2 Å². The largest absolute Gasteiger partial charge is 0.505 e. The number of methoxy groups -OCH3 is 1. The van der Waals surface area contributed by atoms with Gasteiger partial charge >= 0.3 is 0 Å². The number of aliphatic imine (C=N–C) groups is 1. The van der Waals surface area contributed by atoms with Gasteiger partial charge in [-0.25, -0.2) is 9.38 Å². The molecule has 0 spiro atoms. The number of rotatable bonds is 4. The maximum atomic E-state index is 13.2. The van der Waals surface area contributed by atoms with E-state index in [-0.39, 0.29) is 36.5 Å². The monoisotopic (exact) mass is 451 g/mol. The predicted octanol–water partition coefficient (Wildman–Crippen LogP) is 3.74. The number of anilines is 1. The normalized spacial score (nSPS) is 10.8. The first-order chi connectivity index (χ1) is 10.5. The second-order valence-electron chi connectivity index (χ2n) is 4.46. The zero-order chi connectivity index (χ0) is 16.1. The maximum absolute atomic E-state index is 13.2. The number of phenols is 1. The van der Waals surface area contributed by atoms with Crippen molar-refractivity contribution in [1.82, 2.24) is 0 Å². The average Bonchev–Trinajstić information content (AvgIpc) is 2.49. The summed E-state index contributed by atoms with van der Waals surface area (Å²) in [5.41, 5.74) is 7.01. The van der Waals surface area contributed by atoms with Crippen LogP contribution in [0.1, 0.15) is 5.56 Å². The van der Waals surface area contributed by atoms with Crippen LogP contribution >= 0.6 is 35.6 Å². The number of hydrogen-bond acceptors (Lipinski definition) is 3. The summed E-state index contributed by atoms with van der Waals surface area (Å²) in [4.78, 5) is 4.09. The zero-order valence-electron chi connectivity index (χ0n) is 12.2. The third-order valence-corrected chi connectivity index (χ3v) is 3.16. The highest BCUT2D eigenvalue weighted by molar-refractivity contribution is 14.0. The first-order valence-electron chi connectivity index (χ1n) is 6.37. The summed E-state index contributed by atoms with van der Waals surface area (Å²) >= 11 is 6.01. The Morgan fingerprint density at radius 1 is 1.35 bits per heavy atom. The minimum Gasteiger partial charge on any atom is -0.505 e. The fourth-order valence-corrected chi connectivity index (χ4v) is 2.01. The highest BCUT2D eigenvalue weighted by atomic mass is 127. The second-order valence-corrected chi connectivity index (χ2v) is 4.87. The molecule has 0 radical (unpaired) electrons. The summed E-state index contributed by atoms with van der Waals surface area (Å²) in [7, 11) is 1.53. The molecule has 0 aliphatic heterocycles. The van der Waals surface area contributed by atoms with Gasteiger partial charge in [0.2, 0.25) is 0 Å². The maximum Gasteiger partial charge on any atom is 0.193 e. The summed E-state index contributed by atoms with van der Waals surface area (Å²) < 4.78 is 18.2. The number of phenolic OH excluding ortho intramolecular Hbond substituents is 1. The van der Waals surface area contributed by atoms with Crippen LogP contribution in [0.15, 0.2) is 41.4 Å². The number of ether oxygens (including phenoxy) is 1. The van der Waals surface area contributed by atoms with E-state index in [2.05, 4.69) is 10.3 Å². The Morgan fingerprint density at radius 3 is 2.70 bits per heavy atom. The van der Waals surface area contributed by atoms with Crippen LogP contribution in [0.5, 0.6) is 11.5 Å². The van der Waals surface area contributed by atoms with Crippen molar-refractivity contribution in [2.24, 2.45) is 10.7 Å². The Labute approximate surface area is 155 Å². The minimum absolute atomic E-state index is 0. The van der Waals surface area contributed by atoms with Gasteiger partial charge in [-0.2, -0.15) is 0 Å². The van der Waals surface area contributed by atoms with Crippen LogP contribution in [-0.4, -0.2) is 18.2 Å². The zero-order valence-corrected chi connectivity index (χ0v) is 15.3. The molecule has 2 aromatic carbocycles. The van der Waals surface area contributed by atoms with E-state index in [1.807, 2.05) is 0 Å². The first kappa shape index (κ1) is 19.3. The molecule has 23 heavy (non-hydrogen) atoms. The molecule has 0 bridgehead atoms. The Balaban J connectivity index is 0.00000264. The Hall–Kier alpha value is -1.74. The predicted molar refractivity (Wildman–Crippen MR) is 100 cm³/mol. The second kappa shape index (κ2) is 8.78. The number of halogens is 3. The van der Waals surface area contributed by atoms with E-state index in [0.29, 0.717) is 22.0 Å². The molecule has 0 aliphatic carbocycles. The van der Waals surface area contributed by atoms with Crippen molar-refractivity contribution in [3.8, 4) is 11.5 Å². The van der Waals surface area contributed by atoms with Gasteiger partial charge in [-0.1, -0.05) is 17.7 Å². The number of nitrogens with one attached hydrogen (secondary N) is 1. The van der Waals surface area contributed by atoms with E-state index in [1.165, 1.54) is 19.2 Å². The molecule has 0 fully saturated rings. The van der Waals surface area contributed by atoms with Crippen molar-refractivity contribution in [2.75, 3.05) is 12.4 Å². The molecular weight excluding hydrogens is 436 g/mol. The average molecular weight is 452 g/mol. The molecule has 2 aromatic rings. The van der Waals surface area contributed by atoms with Crippen LogP contribution in [0.3, 0.4) is 0 Å². The van der Waals surface area contributed by atoms with E-state index >= 15 is 0 Å². The van der Waals surface area contributed by atoms with Crippen LogP contribution < -0.4 is 15.8 Å². The summed E-state index contributed by atoms with van der Waals surface area (Å²) in [6.07, 6.45) is 0. The van der Waals surface area contributed by atoms with Gasteiger partial charge in [-0.3, -0.25) is 0 Å². The standard InChI is InChI=1S/C15H15ClFN3O2.HI/c1-22-14-5-3-10(7-11(14)16)20-15(18)19-8-9-2-4-13(21)12(17)6-9;/h2-7,21H,8H2,1H3,(H3,18,19,20);1H. The molecule has 0 amide bonds. The summed E-state index contributed by atoms with van der Waals surface area (Å²) in [5, 5.41) is 12.4. The van der Waals surface area contributed by atoms with Crippen molar-refractivity contribution in [3.05, 3.63) is 52.8 Å². The summed E-state index contributed by atoms with van der Waals surface area (Å²) in [6, 6.07) is 9.15. The molecule has 0 aromatic heterocycles. The van der Waals surface area contributed by atoms with Gasteiger partial charge in [0.15, 0.2) is 17.5 Å². The third kappa shape index (κ3) is 5.43. The van der Waals surface area contributed by atoms with E-state index in [1.54, 1.807) is 24.3 Å². The molecule has 0 atom stereocenters. The number of nitrogens with zero attached hydrogens (tertiary/aromatic N) is 1. The van der Waals surface area contributed by atoms with Crippen LogP contribution in [0.4, 0.5) is 10.1 Å². The number of guanidine groups is 1. The van der Waals surface area contributed by atoms with Gasteiger partial charge in [-0.15, -0.1) is 24.0 Å². The highest BCUT2D eigenvalue weighted by Gasteiger charge is 2.04. The van der Waals surface area contributed by atoms with E-state index < -0.39 is 11.6 Å². The number of nitrogens with two attached hydrogens (primary N) is 1.